The highest BCUT2D eigenvalue weighted by Gasteiger charge is 2.25. The number of fused-ring (bicyclic) bond motifs is 1. The molecule has 1 unspecified atom stereocenters. The lowest BCUT2D eigenvalue weighted by atomic mass is 9.77. The number of unbranched alkanes of at least 4 members (excludes halogenated alkanes) is 4. The van der Waals surface area contributed by atoms with Crippen LogP contribution >= 0.6 is 0 Å². The Hall–Kier alpha value is -0.820. The molecular weight excluding hydrogens is 254 g/mol. The molecule has 21 heavy (non-hydrogen) atoms. The van der Waals surface area contributed by atoms with E-state index in [0.717, 1.165) is 12.0 Å². The lowest BCUT2D eigenvalue weighted by Crippen LogP contribution is -2.36. The largest absolute Gasteiger partial charge is 0.313 e. The Morgan fingerprint density at radius 2 is 1.67 bits per heavy atom. The van der Waals surface area contributed by atoms with E-state index < -0.39 is 0 Å². The highest BCUT2D eigenvalue weighted by atomic mass is 14.9. The van der Waals surface area contributed by atoms with Crippen molar-refractivity contribution < 1.29 is 0 Å². The molecule has 1 aliphatic rings. The highest BCUT2D eigenvalue weighted by molar-refractivity contribution is 5.40. The quantitative estimate of drug-likeness (QED) is 0.534. The molecule has 0 heterocycles. The summed E-state index contributed by atoms with van der Waals surface area (Å²) >= 11 is 0. The summed E-state index contributed by atoms with van der Waals surface area (Å²) in [5.74, 6) is 0.765. The van der Waals surface area contributed by atoms with E-state index in [1.807, 2.05) is 0 Å². The van der Waals surface area contributed by atoms with Gasteiger partial charge in [0.05, 0.1) is 0 Å². The fraction of sp³-hybridized carbons (Fsp3) is 0.700. The van der Waals surface area contributed by atoms with E-state index in [4.69, 9.17) is 0 Å². The van der Waals surface area contributed by atoms with Crippen molar-refractivity contribution in [2.45, 2.75) is 83.6 Å². The topological polar surface area (TPSA) is 12.0 Å². The molecule has 0 saturated heterocycles. The van der Waals surface area contributed by atoms with Crippen LogP contribution in [0.4, 0.5) is 0 Å². The van der Waals surface area contributed by atoms with Gasteiger partial charge in [-0.1, -0.05) is 76.6 Å². The van der Waals surface area contributed by atoms with Crippen molar-refractivity contribution in [2.75, 3.05) is 6.54 Å². The van der Waals surface area contributed by atoms with Gasteiger partial charge in [0, 0.05) is 18.5 Å². The van der Waals surface area contributed by atoms with Gasteiger partial charge in [-0.05, 0) is 30.4 Å². The molecule has 1 atom stereocenters. The van der Waals surface area contributed by atoms with Gasteiger partial charge in [0.25, 0.3) is 0 Å². The van der Waals surface area contributed by atoms with E-state index in [1.54, 1.807) is 11.1 Å². The third-order valence-electron chi connectivity index (χ3n) is 4.93. The minimum Gasteiger partial charge on any atom is -0.313 e. The van der Waals surface area contributed by atoms with E-state index in [2.05, 4.69) is 43.4 Å². The van der Waals surface area contributed by atoms with Crippen molar-refractivity contribution in [3.63, 3.8) is 0 Å². The molecule has 0 aliphatic heterocycles. The van der Waals surface area contributed by atoms with Crippen LogP contribution in [0.5, 0.6) is 0 Å². The molecule has 1 aromatic carbocycles. The predicted octanol–water partition coefficient (Wildman–Crippen LogP) is 5.45. The maximum absolute atomic E-state index is 3.88. The van der Waals surface area contributed by atoms with Crippen molar-refractivity contribution in [1.29, 1.82) is 0 Å². The molecule has 118 valence electrons. The molecule has 1 N–H and O–H groups in total. The summed E-state index contributed by atoms with van der Waals surface area (Å²) < 4.78 is 0. The predicted molar refractivity (Wildman–Crippen MR) is 93.0 cm³/mol. The molecular formula is C20H33N. The average Bonchev–Trinajstić information content (AvgIpc) is 2.48. The lowest BCUT2D eigenvalue weighted by molar-refractivity contribution is 0.396. The standard InChI is InChI=1S/C20H33N/c1-3-5-7-12-19(13-8-6-4-2)21-16-18-15-17-11-9-10-14-20(17)18/h9-11,14,18-19,21H,3-8,12-13,15-16H2,1-2H3. The number of hydrogen-bond donors (Lipinski definition) is 1. The molecule has 0 saturated carbocycles. The van der Waals surface area contributed by atoms with Crippen molar-refractivity contribution in [3.05, 3.63) is 35.4 Å². The third kappa shape index (κ3) is 5.14. The Morgan fingerprint density at radius 3 is 2.29 bits per heavy atom. The second kappa shape index (κ2) is 9.25. The van der Waals surface area contributed by atoms with Crippen LogP contribution in [-0.4, -0.2) is 12.6 Å². The summed E-state index contributed by atoms with van der Waals surface area (Å²) in [6, 6.07) is 9.70. The van der Waals surface area contributed by atoms with Gasteiger partial charge in [0.1, 0.15) is 0 Å². The first-order chi connectivity index (χ1) is 10.3. The van der Waals surface area contributed by atoms with E-state index in [1.165, 1.54) is 64.3 Å². The molecule has 0 aromatic heterocycles. The van der Waals surface area contributed by atoms with Crippen molar-refractivity contribution in [3.8, 4) is 0 Å². The minimum atomic E-state index is 0.746. The first-order valence-corrected chi connectivity index (χ1v) is 9.16. The number of benzene rings is 1. The van der Waals surface area contributed by atoms with Crippen LogP contribution in [0.3, 0.4) is 0 Å². The maximum atomic E-state index is 3.88. The van der Waals surface area contributed by atoms with Crippen LogP contribution in [-0.2, 0) is 6.42 Å². The zero-order valence-corrected chi connectivity index (χ0v) is 14.0. The van der Waals surface area contributed by atoms with Crippen LogP contribution in [0, 0.1) is 0 Å². The Morgan fingerprint density at radius 1 is 1.00 bits per heavy atom. The number of hydrogen-bond acceptors (Lipinski definition) is 1. The maximum Gasteiger partial charge on any atom is 0.00673 e. The third-order valence-corrected chi connectivity index (χ3v) is 4.93. The molecule has 0 spiro atoms. The fourth-order valence-electron chi connectivity index (χ4n) is 3.48. The fourth-order valence-corrected chi connectivity index (χ4v) is 3.48. The van der Waals surface area contributed by atoms with Gasteiger partial charge in [-0.25, -0.2) is 0 Å². The zero-order chi connectivity index (χ0) is 14.9. The summed E-state index contributed by atoms with van der Waals surface area (Å²) in [5, 5.41) is 3.88. The summed E-state index contributed by atoms with van der Waals surface area (Å²) in [6.07, 6.45) is 12.2. The molecule has 0 bridgehead atoms. The molecule has 1 aromatic rings. The first-order valence-electron chi connectivity index (χ1n) is 9.16. The van der Waals surface area contributed by atoms with E-state index in [0.29, 0.717) is 0 Å². The molecule has 0 radical (unpaired) electrons. The summed E-state index contributed by atoms with van der Waals surface area (Å²) in [6.45, 7) is 5.77. The van der Waals surface area contributed by atoms with Crippen LogP contribution in [0.1, 0.15) is 82.3 Å². The zero-order valence-electron chi connectivity index (χ0n) is 14.0. The molecule has 2 rings (SSSR count). The second-order valence-corrected chi connectivity index (χ2v) is 6.70. The van der Waals surface area contributed by atoms with Crippen LogP contribution in [0.2, 0.25) is 0 Å². The first kappa shape index (κ1) is 16.5. The normalized spacial score (nSPS) is 16.8. The van der Waals surface area contributed by atoms with Crippen molar-refractivity contribution >= 4 is 0 Å². The molecule has 1 nitrogen and oxygen atoms in total. The van der Waals surface area contributed by atoms with E-state index in [-0.39, 0.29) is 0 Å². The summed E-state index contributed by atoms with van der Waals surface area (Å²) in [4.78, 5) is 0. The highest BCUT2D eigenvalue weighted by Crippen LogP contribution is 2.34. The van der Waals surface area contributed by atoms with Gasteiger partial charge in [0.2, 0.25) is 0 Å². The molecule has 0 amide bonds. The lowest BCUT2D eigenvalue weighted by Gasteiger charge is -2.32. The van der Waals surface area contributed by atoms with Gasteiger partial charge >= 0.3 is 0 Å². The Balaban J connectivity index is 1.73. The number of rotatable bonds is 11. The van der Waals surface area contributed by atoms with Crippen LogP contribution < -0.4 is 5.32 Å². The van der Waals surface area contributed by atoms with Crippen LogP contribution in [0.15, 0.2) is 24.3 Å². The number of nitrogens with one attached hydrogen (secondary N) is 1. The summed E-state index contributed by atoms with van der Waals surface area (Å²) in [7, 11) is 0. The van der Waals surface area contributed by atoms with Gasteiger partial charge in [-0.2, -0.15) is 0 Å². The smallest absolute Gasteiger partial charge is 0.00673 e. The molecule has 0 fully saturated rings. The Bertz CT molecular complexity index is 389. The monoisotopic (exact) mass is 287 g/mol. The van der Waals surface area contributed by atoms with Gasteiger partial charge in [0.15, 0.2) is 0 Å². The average molecular weight is 287 g/mol. The van der Waals surface area contributed by atoms with Crippen molar-refractivity contribution in [1.82, 2.24) is 5.32 Å². The van der Waals surface area contributed by atoms with Crippen LogP contribution in [0.25, 0.3) is 0 Å². The molecule has 1 aliphatic carbocycles. The Kier molecular flexibility index (Phi) is 7.29. The molecule has 1 heteroatoms. The van der Waals surface area contributed by atoms with E-state index in [9.17, 15) is 0 Å². The second-order valence-electron chi connectivity index (χ2n) is 6.70. The Labute approximate surface area is 131 Å². The summed E-state index contributed by atoms with van der Waals surface area (Å²) in [5.41, 5.74) is 3.16. The van der Waals surface area contributed by atoms with Gasteiger partial charge < -0.3 is 5.32 Å². The van der Waals surface area contributed by atoms with Crippen molar-refractivity contribution in [2.24, 2.45) is 0 Å². The van der Waals surface area contributed by atoms with Gasteiger partial charge in [-0.15, -0.1) is 0 Å². The van der Waals surface area contributed by atoms with Gasteiger partial charge in [-0.3, -0.25) is 0 Å². The minimum absolute atomic E-state index is 0.746. The van der Waals surface area contributed by atoms with E-state index >= 15 is 0 Å². The SMILES string of the molecule is CCCCCC(CCCCC)NCC1Cc2ccccc21.